The molecule has 0 saturated carbocycles. The van der Waals surface area contributed by atoms with Crippen LogP contribution in [0.5, 0.6) is 17.2 Å². The van der Waals surface area contributed by atoms with Crippen LogP contribution in [0.2, 0.25) is 0 Å². The lowest BCUT2D eigenvalue weighted by Gasteiger charge is -2.29. The first-order chi connectivity index (χ1) is 18.7. The van der Waals surface area contributed by atoms with Crippen LogP contribution in [0.1, 0.15) is 46.9 Å². The fourth-order valence-corrected chi connectivity index (χ4v) is 5.64. The SMILES string of the molecule is CCc1c(OC(=O)NCc2ccccn2)cc2n1C(c1ccc3c(c1)OCO3)c1[nH]c3ccccc3c1C2. The molecule has 1 amide bonds. The lowest BCUT2D eigenvalue weighted by molar-refractivity contribution is 0.174. The van der Waals surface area contributed by atoms with E-state index in [9.17, 15) is 4.79 Å². The normalized spacial score (nSPS) is 15.2. The summed E-state index contributed by atoms with van der Waals surface area (Å²) < 4.78 is 19.5. The zero-order valence-electron chi connectivity index (χ0n) is 20.9. The van der Waals surface area contributed by atoms with Crippen molar-refractivity contribution >= 4 is 17.0 Å². The van der Waals surface area contributed by atoms with Crippen molar-refractivity contribution in [2.45, 2.75) is 32.4 Å². The number of nitrogens with zero attached hydrogens (tertiary/aromatic N) is 2. The summed E-state index contributed by atoms with van der Waals surface area (Å²) in [7, 11) is 0. The van der Waals surface area contributed by atoms with Crippen molar-refractivity contribution in [2.75, 3.05) is 6.79 Å². The van der Waals surface area contributed by atoms with Gasteiger partial charge in [0, 0.05) is 41.0 Å². The van der Waals surface area contributed by atoms with Gasteiger partial charge in [0.15, 0.2) is 17.2 Å². The van der Waals surface area contributed by atoms with Crippen LogP contribution in [-0.4, -0.2) is 27.4 Å². The molecule has 2 aliphatic heterocycles. The van der Waals surface area contributed by atoms with E-state index < -0.39 is 6.09 Å². The zero-order valence-corrected chi connectivity index (χ0v) is 20.9. The van der Waals surface area contributed by atoms with Crippen molar-refractivity contribution in [3.8, 4) is 17.2 Å². The van der Waals surface area contributed by atoms with E-state index in [-0.39, 0.29) is 12.8 Å². The monoisotopic (exact) mass is 506 g/mol. The van der Waals surface area contributed by atoms with E-state index in [1.165, 1.54) is 10.9 Å². The minimum atomic E-state index is -0.503. The molecule has 2 N–H and O–H groups in total. The summed E-state index contributed by atoms with van der Waals surface area (Å²) in [5.41, 5.74) is 7.38. The molecule has 2 aromatic carbocycles. The Bertz CT molecular complexity index is 1670. The molecule has 190 valence electrons. The Kier molecular flexibility index (Phi) is 5.32. The van der Waals surface area contributed by atoms with E-state index in [0.29, 0.717) is 18.7 Å². The van der Waals surface area contributed by atoms with Gasteiger partial charge >= 0.3 is 6.09 Å². The summed E-state index contributed by atoms with van der Waals surface area (Å²) in [5, 5.41) is 4.02. The van der Waals surface area contributed by atoms with Crippen molar-refractivity contribution in [3.05, 3.63) is 107 Å². The Morgan fingerprint density at radius 2 is 1.97 bits per heavy atom. The Balaban J connectivity index is 1.30. The summed E-state index contributed by atoms with van der Waals surface area (Å²) in [6, 6.07) is 21.9. The molecule has 2 aliphatic rings. The Labute approximate surface area is 219 Å². The lowest BCUT2D eigenvalue weighted by atomic mass is 9.92. The van der Waals surface area contributed by atoms with E-state index in [0.717, 1.165) is 51.8 Å². The van der Waals surface area contributed by atoms with E-state index in [2.05, 4.69) is 57.1 Å². The minimum Gasteiger partial charge on any atom is -0.454 e. The highest BCUT2D eigenvalue weighted by atomic mass is 16.7. The van der Waals surface area contributed by atoms with Gasteiger partial charge in [0.05, 0.1) is 24.0 Å². The van der Waals surface area contributed by atoms with Gasteiger partial charge in [-0.1, -0.05) is 37.3 Å². The van der Waals surface area contributed by atoms with Crippen LogP contribution < -0.4 is 19.5 Å². The largest absolute Gasteiger partial charge is 0.454 e. The maximum absolute atomic E-state index is 12.8. The number of nitrogens with one attached hydrogen (secondary N) is 2. The third-order valence-electron chi connectivity index (χ3n) is 7.31. The summed E-state index contributed by atoms with van der Waals surface area (Å²) in [5.74, 6) is 2.06. The summed E-state index contributed by atoms with van der Waals surface area (Å²) >= 11 is 0. The van der Waals surface area contributed by atoms with Crippen LogP contribution in [0.15, 0.2) is 72.9 Å². The average Bonchev–Trinajstić information content (AvgIpc) is 3.65. The topological polar surface area (TPSA) is 90.4 Å². The van der Waals surface area contributed by atoms with Gasteiger partial charge in [-0.05, 0) is 47.9 Å². The van der Waals surface area contributed by atoms with E-state index in [4.69, 9.17) is 14.2 Å². The molecule has 38 heavy (non-hydrogen) atoms. The first-order valence-corrected chi connectivity index (χ1v) is 12.8. The number of H-pyrrole nitrogens is 1. The summed E-state index contributed by atoms with van der Waals surface area (Å²) in [4.78, 5) is 20.7. The minimum absolute atomic E-state index is 0.139. The number of carbonyl (C=O) groups is 1. The van der Waals surface area contributed by atoms with Crippen molar-refractivity contribution in [2.24, 2.45) is 0 Å². The van der Waals surface area contributed by atoms with Gasteiger partial charge in [0.1, 0.15) is 0 Å². The molecule has 0 fully saturated rings. The molecule has 3 aromatic heterocycles. The van der Waals surface area contributed by atoms with Gasteiger partial charge in [-0.3, -0.25) is 4.98 Å². The molecule has 5 heterocycles. The summed E-state index contributed by atoms with van der Waals surface area (Å²) in [6.45, 7) is 2.60. The van der Waals surface area contributed by atoms with E-state index in [1.807, 2.05) is 36.4 Å². The van der Waals surface area contributed by atoms with Gasteiger partial charge in [0.25, 0.3) is 0 Å². The smallest absolute Gasteiger partial charge is 0.412 e. The van der Waals surface area contributed by atoms with Gasteiger partial charge < -0.3 is 29.1 Å². The molecule has 0 radical (unpaired) electrons. The molecule has 0 spiro atoms. The quantitative estimate of drug-likeness (QED) is 0.323. The third kappa shape index (κ3) is 3.68. The molecule has 0 aliphatic carbocycles. The third-order valence-corrected chi connectivity index (χ3v) is 7.31. The van der Waals surface area contributed by atoms with Gasteiger partial charge in [-0.25, -0.2) is 4.79 Å². The Morgan fingerprint density at radius 3 is 2.84 bits per heavy atom. The number of carbonyl (C=O) groups excluding carboxylic acids is 1. The maximum atomic E-state index is 12.8. The number of aromatic nitrogens is 3. The number of para-hydroxylation sites is 1. The predicted molar refractivity (Wildman–Crippen MR) is 142 cm³/mol. The van der Waals surface area contributed by atoms with Crippen molar-refractivity contribution in [3.63, 3.8) is 0 Å². The molecule has 0 bridgehead atoms. The van der Waals surface area contributed by atoms with Crippen LogP contribution in [0.3, 0.4) is 0 Å². The van der Waals surface area contributed by atoms with Crippen LogP contribution in [-0.2, 0) is 19.4 Å². The number of ether oxygens (including phenoxy) is 3. The molecule has 1 atom stereocenters. The van der Waals surface area contributed by atoms with E-state index >= 15 is 0 Å². The van der Waals surface area contributed by atoms with Crippen molar-refractivity contribution in [1.82, 2.24) is 19.9 Å². The number of pyridine rings is 1. The standard InChI is InChI=1S/C30H26N4O4/c1-2-24-26(38-30(35)32-16-19-7-5-6-12-31-19)15-20-14-22-21-8-3-4-9-23(21)33-28(22)29(34(20)24)18-10-11-25-27(13-18)37-17-36-25/h3-13,15,29,33H,2,14,16-17H2,1H3,(H,32,35). The number of aromatic amines is 1. The second kappa shape index (κ2) is 8.99. The maximum Gasteiger partial charge on any atom is 0.412 e. The average molecular weight is 507 g/mol. The number of benzene rings is 2. The highest BCUT2D eigenvalue weighted by Gasteiger charge is 2.34. The van der Waals surface area contributed by atoms with Gasteiger partial charge in [0.2, 0.25) is 6.79 Å². The van der Waals surface area contributed by atoms with E-state index in [1.54, 1.807) is 6.20 Å². The van der Waals surface area contributed by atoms with Crippen molar-refractivity contribution < 1.29 is 19.0 Å². The summed E-state index contributed by atoms with van der Waals surface area (Å²) in [6.07, 6.45) is 2.62. The van der Waals surface area contributed by atoms with Gasteiger partial charge in [-0.15, -0.1) is 0 Å². The Morgan fingerprint density at radius 1 is 1.11 bits per heavy atom. The number of fused-ring (bicyclic) bond motifs is 5. The second-order valence-electron chi connectivity index (χ2n) is 9.49. The predicted octanol–water partition coefficient (Wildman–Crippen LogP) is 5.49. The van der Waals surface area contributed by atoms with Gasteiger partial charge in [-0.2, -0.15) is 0 Å². The number of rotatable bonds is 5. The lowest BCUT2D eigenvalue weighted by Crippen LogP contribution is -2.27. The first kappa shape index (κ1) is 22.5. The second-order valence-corrected chi connectivity index (χ2v) is 9.49. The van der Waals surface area contributed by atoms with Crippen LogP contribution >= 0.6 is 0 Å². The number of hydrogen-bond donors (Lipinski definition) is 2. The highest BCUT2D eigenvalue weighted by Crippen LogP contribution is 2.45. The fraction of sp³-hybridized carbons (Fsp3) is 0.200. The highest BCUT2D eigenvalue weighted by molar-refractivity contribution is 5.86. The number of hydrogen-bond acceptors (Lipinski definition) is 5. The van der Waals surface area contributed by atoms with Crippen LogP contribution in [0, 0.1) is 0 Å². The molecular formula is C30H26N4O4. The fourth-order valence-electron chi connectivity index (χ4n) is 5.64. The molecule has 8 heteroatoms. The van der Waals surface area contributed by atoms with Crippen molar-refractivity contribution in [1.29, 1.82) is 0 Å². The number of amides is 1. The van der Waals surface area contributed by atoms with Crippen LogP contribution in [0.4, 0.5) is 4.79 Å². The Hall–Kier alpha value is -4.72. The molecular weight excluding hydrogens is 480 g/mol. The first-order valence-electron chi connectivity index (χ1n) is 12.8. The molecule has 5 aromatic rings. The molecule has 8 nitrogen and oxygen atoms in total. The molecule has 1 unspecified atom stereocenters. The molecule has 7 rings (SSSR count). The zero-order chi connectivity index (χ0) is 25.6. The van der Waals surface area contributed by atoms with Crippen LogP contribution in [0.25, 0.3) is 10.9 Å². The molecule has 0 saturated heterocycles.